The van der Waals surface area contributed by atoms with E-state index in [1.807, 2.05) is 6.92 Å². The van der Waals surface area contributed by atoms with Crippen molar-refractivity contribution in [1.29, 1.82) is 0 Å². The highest BCUT2D eigenvalue weighted by molar-refractivity contribution is 7.16. The van der Waals surface area contributed by atoms with E-state index in [1.165, 1.54) is 0 Å². The van der Waals surface area contributed by atoms with E-state index >= 15 is 0 Å². The van der Waals surface area contributed by atoms with Gasteiger partial charge in [-0.05, 0) is 50.0 Å². The monoisotopic (exact) mass is 383 g/mol. The van der Waals surface area contributed by atoms with Gasteiger partial charge in [0.25, 0.3) is 5.91 Å². The number of hydrogen-bond donors (Lipinski definition) is 1. The molecule has 1 aliphatic carbocycles. The Hall–Kier alpha value is -2.48. The summed E-state index contributed by atoms with van der Waals surface area (Å²) in [5, 5.41) is 10.4. The van der Waals surface area contributed by atoms with E-state index in [9.17, 15) is 4.79 Å². The minimum absolute atomic E-state index is 0.0659. The largest absolute Gasteiger partial charge is 0.361 e. The molecule has 2 aliphatic rings. The SMILES string of the molecule is Cc1noc(C)c1C(=O)NC1[C@@H]2CC[C@H]1CN(c1ncnc3sccc13)C2. The molecule has 5 rings (SSSR count). The zero-order chi connectivity index (χ0) is 18.5. The predicted molar refractivity (Wildman–Crippen MR) is 103 cm³/mol. The van der Waals surface area contributed by atoms with Crippen molar-refractivity contribution >= 4 is 33.3 Å². The van der Waals surface area contributed by atoms with Gasteiger partial charge < -0.3 is 14.7 Å². The molecular formula is C19H21N5O2S. The van der Waals surface area contributed by atoms with Gasteiger partial charge >= 0.3 is 0 Å². The lowest BCUT2D eigenvalue weighted by Gasteiger charge is -2.39. The van der Waals surface area contributed by atoms with E-state index in [1.54, 1.807) is 24.6 Å². The normalized spacial score (nSPS) is 24.5. The summed E-state index contributed by atoms with van der Waals surface area (Å²) in [6.45, 7) is 5.41. The van der Waals surface area contributed by atoms with Crippen LogP contribution in [0, 0.1) is 25.7 Å². The molecule has 4 heterocycles. The van der Waals surface area contributed by atoms with E-state index in [-0.39, 0.29) is 11.9 Å². The van der Waals surface area contributed by atoms with E-state index < -0.39 is 0 Å². The van der Waals surface area contributed by atoms with Crippen molar-refractivity contribution in [2.75, 3.05) is 18.0 Å². The number of anilines is 1. The number of nitrogens with zero attached hydrogens (tertiary/aromatic N) is 4. The van der Waals surface area contributed by atoms with Gasteiger partial charge in [0.05, 0.1) is 11.1 Å². The number of hydrogen-bond acceptors (Lipinski definition) is 7. The summed E-state index contributed by atoms with van der Waals surface area (Å²) in [6.07, 6.45) is 3.92. The van der Waals surface area contributed by atoms with E-state index in [2.05, 4.69) is 36.8 Å². The topological polar surface area (TPSA) is 84.2 Å². The first kappa shape index (κ1) is 16.7. The molecule has 1 amide bonds. The molecule has 1 saturated heterocycles. The van der Waals surface area contributed by atoms with Gasteiger partial charge in [-0.1, -0.05) is 5.16 Å². The second-order valence-electron chi connectivity index (χ2n) is 7.54. The molecule has 2 fully saturated rings. The quantitative estimate of drug-likeness (QED) is 0.749. The Bertz CT molecular complexity index is 979. The molecular weight excluding hydrogens is 362 g/mol. The van der Waals surface area contributed by atoms with Gasteiger partial charge in [-0.15, -0.1) is 11.3 Å². The van der Waals surface area contributed by atoms with Crippen LogP contribution in [0.2, 0.25) is 0 Å². The minimum Gasteiger partial charge on any atom is -0.361 e. The number of piperidine rings is 1. The lowest BCUT2D eigenvalue weighted by molar-refractivity contribution is 0.0908. The summed E-state index contributed by atoms with van der Waals surface area (Å²) in [6, 6.07) is 2.30. The molecule has 3 aromatic heterocycles. The first-order valence-corrected chi connectivity index (χ1v) is 10.2. The van der Waals surface area contributed by atoms with Crippen molar-refractivity contribution < 1.29 is 9.32 Å². The first-order chi connectivity index (χ1) is 13.1. The van der Waals surface area contributed by atoms with E-state index in [0.717, 1.165) is 42.0 Å². The molecule has 0 radical (unpaired) electrons. The molecule has 1 unspecified atom stereocenters. The van der Waals surface area contributed by atoms with Crippen molar-refractivity contribution in [1.82, 2.24) is 20.4 Å². The molecule has 1 aliphatic heterocycles. The lowest BCUT2D eigenvalue weighted by atomic mass is 9.91. The Morgan fingerprint density at radius 1 is 1.26 bits per heavy atom. The van der Waals surface area contributed by atoms with Gasteiger partial charge in [0.1, 0.15) is 28.3 Å². The molecule has 7 nitrogen and oxygen atoms in total. The standard InChI is InChI=1S/C19H21N5O2S/c1-10-15(11(2)26-23-10)18(25)22-16-12-3-4-13(16)8-24(7-12)17-14-5-6-27-19(14)21-9-20-17/h5-6,9,12-13,16H,3-4,7-8H2,1-2H3,(H,22,25)/t12-,13+,16?. The highest BCUT2D eigenvalue weighted by Crippen LogP contribution is 2.40. The number of nitrogens with one attached hydrogen (secondary N) is 1. The number of aromatic nitrogens is 3. The molecule has 0 aromatic carbocycles. The van der Waals surface area contributed by atoms with Gasteiger partial charge in [0.15, 0.2) is 0 Å². The number of thiophene rings is 1. The second-order valence-corrected chi connectivity index (χ2v) is 8.43. The number of aryl methyl sites for hydroxylation is 2. The second kappa shape index (κ2) is 6.30. The van der Waals surface area contributed by atoms with Gasteiger partial charge in [-0.2, -0.15) is 0 Å². The highest BCUT2D eigenvalue weighted by atomic mass is 32.1. The number of carbonyl (C=O) groups excluding carboxylic acids is 1. The van der Waals surface area contributed by atoms with Crippen molar-refractivity contribution in [3.05, 3.63) is 34.8 Å². The molecule has 3 aromatic rings. The van der Waals surface area contributed by atoms with Crippen LogP contribution < -0.4 is 10.2 Å². The fourth-order valence-corrected chi connectivity index (χ4v) is 5.42. The Kier molecular flexibility index (Phi) is 3.89. The Morgan fingerprint density at radius 3 is 2.74 bits per heavy atom. The van der Waals surface area contributed by atoms with Crippen LogP contribution in [-0.4, -0.2) is 40.2 Å². The fraction of sp³-hybridized carbons (Fsp3) is 0.474. The van der Waals surface area contributed by atoms with Crippen LogP contribution in [0.3, 0.4) is 0 Å². The summed E-state index contributed by atoms with van der Waals surface area (Å²) < 4.78 is 5.15. The summed E-state index contributed by atoms with van der Waals surface area (Å²) in [5.41, 5.74) is 1.23. The maximum absolute atomic E-state index is 12.8. The van der Waals surface area contributed by atoms with Crippen molar-refractivity contribution in [2.24, 2.45) is 11.8 Å². The number of amides is 1. The fourth-order valence-electron chi connectivity index (χ4n) is 4.69. The average Bonchev–Trinajstić information content (AvgIpc) is 3.31. The third-order valence-corrected chi connectivity index (χ3v) is 6.75. The first-order valence-electron chi connectivity index (χ1n) is 9.28. The summed E-state index contributed by atoms with van der Waals surface area (Å²) in [7, 11) is 0. The van der Waals surface area contributed by atoms with Crippen LogP contribution >= 0.6 is 11.3 Å². The van der Waals surface area contributed by atoms with Gasteiger partial charge in [0, 0.05) is 19.1 Å². The maximum Gasteiger partial charge on any atom is 0.257 e. The van der Waals surface area contributed by atoms with E-state index in [0.29, 0.717) is 28.9 Å². The minimum atomic E-state index is -0.0659. The van der Waals surface area contributed by atoms with Crippen LogP contribution in [-0.2, 0) is 0 Å². The predicted octanol–water partition coefficient (Wildman–Crippen LogP) is 2.94. The van der Waals surface area contributed by atoms with Crippen LogP contribution in [0.15, 0.2) is 22.3 Å². The third kappa shape index (κ3) is 2.70. The summed E-state index contributed by atoms with van der Waals surface area (Å²) in [4.78, 5) is 25.1. The number of fused-ring (bicyclic) bond motifs is 3. The molecule has 1 saturated carbocycles. The molecule has 0 spiro atoms. The number of rotatable bonds is 3. The van der Waals surface area contributed by atoms with Crippen LogP contribution in [0.1, 0.15) is 34.7 Å². The van der Waals surface area contributed by atoms with Crippen molar-refractivity contribution in [3.8, 4) is 0 Å². The molecule has 140 valence electrons. The summed E-state index contributed by atoms with van der Waals surface area (Å²) >= 11 is 1.64. The van der Waals surface area contributed by atoms with Crippen LogP contribution in [0.5, 0.6) is 0 Å². The molecule has 2 bridgehead atoms. The van der Waals surface area contributed by atoms with Crippen LogP contribution in [0.4, 0.5) is 5.82 Å². The van der Waals surface area contributed by atoms with Gasteiger partial charge in [-0.25, -0.2) is 9.97 Å². The zero-order valence-corrected chi connectivity index (χ0v) is 16.1. The lowest BCUT2D eigenvalue weighted by Crippen LogP contribution is -2.53. The Balaban J connectivity index is 1.36. The Morgan fingerprint density at radius 2 is 2.04 bits per heavy atom. The number of carbonyl (C=O) groups is 1. The molecule has 3 atom stereocenters. The summed E-state index contributed by atoms with van der Waals surface area (Å²) in [5.74, 6) is 2.39. The van der Waals surface area contributed by atoms with Crippen LogP contribution in [0.25, 0.3) is 10.2 Å². The Labute approximate surface area is 160 Å². The zero-order valence-electron chi connectivity index (χ0n) is 15.3. The molecule has 1 N–H and O–H groups in total. The smallest absolute Gasteiger partial charge is 0.257 e. The van der Waals surface area contributed by atoms with Gasteiger partial charge in [-0.3, -0.25) is 4.79 Å². The van der Waals surface area contributed by atoms with E-state index in [4.69, 9.17) is 4.52 Å². The molecule has 8 heteroatoms. The van der Waals surface area contributed by atoms with Crippen molar-refractivity contribution in [2.45, 2.75) is 32.7 Å². The third-order valence-electron chi connectivity index (χ3n) is 5.93. The van der Waals surface area contributed by atoms with Crippen molar-refractivity contribution in [3.63, 3.8) is 0 Å². The molecule has 27 heavy (non-hydrogen) atoms. The highest BCUT2D eigenvalue weighted by Gasteiger charge is 2.43. The maximum atomic E-state index is 12.8. The average molecular weight is 383 g/mol. The van der Waals surface area contributed by atoms with Gasteiger partial charge in [0.2, 0.25) is 0 Å².